The highest BCUT2D eigenvalue weighted by molar-refractivity contribution is 7.99. The first-order valence-electron chi connectivity index (χ1n) is 9.55. The standard InChI is InChI=1S/C21H29N3S/c1-3-23(4-2)16-9-5-6-10-17-24-18-12-7-8-13-19(18)25-20-14-11-15-22-21(20)24/h7-8,11-15H,3-6,9-10,16-17H2,1-2H3. The molecule has 134 valence electrons. The normalized spacial score (nSPS) is 13.0. The Hall–Kier alpha value is -1.52. The molecule has 2 heterocycles. The van der Waals surface area contributed by atoms with E-state index >= 15 is 0 Å². The van der Waals surface area contributed by atoms with Gasteiger partial charge < -0.3 is 9.80 Å². The summed E-state index contributed by atoms with van der Waals surface area (Å²) >= 11 is 1.83. The minimum Gasteiger partial charge on any atom is -0.324 e. The molecule has 0 amide bonds. The van der Waals surface area contributed by atoms with Gasteiger partial charge in [0.2, 0.25) is 0 Å². The third-order valence-corrected chi connectivity index (χ3v) is 5.99. The van der Waals surface area contributed by atoms with E-state index in [1.165, 1.54) is 60.8 Å². The number of fused-ring (bicyclic) bond motifs is 2. The zero-order chi connectivity index (χ0) is 17.5. The number of unbranched alkanes of at least 4 members (excludes halogenated alkanes) is 3. The fraction of sp³-hybridized carbons (Fsp3) is 0.476. The molecule has 2 aromatic rings. The average molecular weight is 356 g/mol. The van der Waals surface area contributed by atoms with E-state index in [9.17, 15) is 0 Å². The Morgan fingerprint density at radius 1 is 0.920 bits per heavy atom. The van der Waals surface area contributed by atoms with Gasteiger partial charge in [0.05, 0.1) is 10.6 Å². The van der Waals surface area contributed by atoms with Gasteiger partial charge in [0.25, 0.3) is 0 Å². The van der Waals surface area contributed by atoms with Crippen LogP contribution in [0.4, 0.5) is 11.5 Å². The lowest BCUT2D eigenvalue weighted by molar-refractivity contribution is 0.295. The summed E-state index contributed by atoms with van der Waals surface area (Å²) < 4.78 is 0. The molecule has 1 aliphatic rings. The maximum atomic E-state index is 4.66. The minimum absolute atomic E-state index is 1.05. The first-order chi connectivity index (χ1) is 12.3. The summed E-state index contributed by atoms with van der Waals surface area (Å²) in [5.74, 6) is 1.12. The lowest BCUT2D eigenvalue weighted by Crippen LogP contribution is -2.24. The minimum atomic E-state index is 1.05. The molecular weight excluding hydrogens is 326 g/mol. The number of hydrogen-bond acceptors (Lipinski definition) is 4. The van der Waals surface area contributed by atoms with Crippen molar-refractivity contribution >= 4 is 23.3 Å². The molecule has 0 saturated heterocycles. The number of benzene rings is 1. The number of pyridine rings is 1. The van der Waals surface area contributed by atoms with Crippen molar-refractivity contribution in [3.63, 3.8) is 0 Å². The van der Waals surface area contributed by atoms with Crippen LogP contribution in [0.5, 0.6) is 0 Å². The molecule has 1 aromatic heterocycles. The molecular formula is C21H29N3S. The molecule has 0 aliphatic carbocycles. The number of anilines is 2. The van der Waals surface area contributed by atoms with E-state index in [0.29, 0.717) is 0 Å². The van der Waals surface area contributed by atoms with Crippen molar-refractivity contribution in [3.05, 3.63) is 42.6 Å². The van der Waals surface area contributed by atoms with Crippen molar-refractivity contribution in [3.8, 4) is 0 Å². The molecule has 0 atom stereocenters. The third-order valence-electron chi connectivity index (χ3n) is 4.88. The summed E-state index contributed by atoms with van der Waals surface area (Å²) in [6.45, 7) is 9.12. The summed E-state index contributed by atoms with van der Waals surface area (Å²) in [7, 11) is 0. The summed E-state index contributed by atoms with van der Waals surface area (Å²) in [4.78, 5) is 12.2. The van der Waals surface area contributed by atoms with Crippen molar-refractivity contribution in [1.82, 2.24) is 9.88 Å². The highest BCUT2D eigenvalue weighted by Crippen LogP contribution is 2.46. The van der Waals surface area contributed by atoms with Gasteiger partial charge in [-0.3, -0.25) is 0 Å². The van der Waals surface area contributed by atoms with Crippen LogP contribution in [0.1, 0.15) is 39.5 Å². The van der Waals surface area contributed by atoms with Crippen LogP contribution in [-0.4, -0.2) is 36.1 Å². The van der Waals surface area contributed by atoms with E-state index in [4.69, 9.17) is 0 Å². The van der Waals surface area contributed by atoms with E-state index in [-0.39, 0.29) is 0 Å². The van der Waals surface area contributed by atoms with Crippen LogP contribution in [-0.2, 0) is 0 Å². The van der Waals surface area contributed by atoms with Crippen LogP contribution in [0.3, 0.4) is 0 Å². The Balaban J connectivity index is 1.56. The molecule has 3 rings (SSSR count). The molecule has 0 spiro atoms. The Bertz CT molecular complexity index is 624. The molecule has 0 saturated carbocycles. The second-order valence-electron chi connectivity index (χ2n) is 6.49. The van der Waals surface area contributed by atoms with Gasteiger partial charge in [0, 0.05) is 17.6 Å². The van der Waals surface area contributed by atoms with Crippen LogP contribution in [0.2, 0.25) is 0 Å². The van der Waals surface area contributed by atoms with E-state index in [2.05, 4.69) is 59.0 Å². The summed E-state index contributed by atoms with van der Waals surface area (Å²) in [6, 6.07) is 12.9. The van der Waals surface area contributed by atoms with Crippen LogP contribution in [0, 0.1) is 0 Å². The van der Waals surface area contributed by atoms with Crippen molar-refractivity contribution in [2.24, 2.45) is 0 Å². The van der Waals surface area contributed by atoms with Crippen LogP contribution in [0.25, 0.3) is 0 Å². The molecule has 25 heavy (non-hydrogen) atoms. The zero-order valence-corrected chi connectivity index (χ0v) is 16.3. The first kappa shape index (κ1) is 18.3. The molecule has 1 aliphatic heterocycles. The molecule has 0 bridgehead atoms. The number of para-hydroxylation sites is 1. The van der Waals surface area contributed by atoms with Crippen LogP contribution in [0.15, 0.2) is 52.4 Å². The highest BCUT2D eigenvalue weighted by Gasteiger charge is 2.23. The maximum Gasteiger partial charge on any atom is 0.147 e. The Kier molecular flexibility index (Phi) is 6.76. The van der Waals surface area contributed by atoms with Gasteiger partial charge in [-0.15, -0.1) is 0 Å². The summed E-state index contributed by atoms with van der Waals surface area (Å²) in [5.41, 5.74) is 1.31. The molecule has 4 heteroatoms. The average Bonchev–Trinajstić information content (AvgIpc) is 2.66. The largest absolute Gasteiger partial charge is 0.324 e. The van der Waals surface area contributed by atoms with Gasteiger partial charge in [-0.2, -0.15) is 0 Å². The van der Waals surface area contributed by atoms with E-state index < -0.39 is 0 Å². The molecule has 1 aromatic carbocycles. The van der Waals surface area contributed by atoms with Gasteiger partial charge in [-0.05, 0) is 56.7 Å². The number of nitrogens with zero attached hydrogens (tertiary/aromatic N) is 3. The Labute approximate surface area is 156 Å². The van der Waals surface area contributed by atoms with Crippen LogP contribution < -0.4 is 4.90 Å². The van der Waals surface area contributed by atoms with Gasteiger partial charge >= 0.3 is 0 Å². The maximum absolute atomic E-state index is 4.66. The predicted octanol–water partition coefficient (Wildman–Crippen LogP) is 5.59. The van der Waals surface area contributed by atoms with E-state index in [0.717, 1.165) is 12.4 Å². The number of aromatic nitrogens is 1. The van der Waals surface area contributed by atoms with Crippen LogP contribution >= 0.6 is 11.8 Å². The van der Waals surface area contributed by atoms with Gasteiger partial charge in [-0.25, -0.2) is 4.98 Å². The van der Waals surface area contributed by atoms with Crippen molar-refractivity contribution in [2.75, 3.05) is 31.1 Å². The fourth-order valence-electron chi connectivity index (χ4n) is 3.39. The zero-order valence-electron chi connectivity index (χ0n) is 15.4. The second-order valence-corrected chi connectivity index (χ2v) is 7.57. The smallest absolute Gasteiger partial charge is 0.147 e. The van der Waals surface area contributed by atoms with Gasteiger partial charge in [0.15, 0.2) is 0 Å². The predicted molar refractivity (Wildman–Crippen MR) is 108 cm³/mol. The summed E-state index contributed by atoms with van der Waals surface area (Å²) in [5, 5.41) is 0. The van der Waals surface area contributed by atoms with Gasteiger partial charge in [0.1, 0.15) is 5.82 Å². The van der Waals surface area contributed by atoms with E-state index in [1.54, 1.807) is 0 Å². The fourth-order valence-corrected chi connectivity index (χ4v) is 4.46. The number of hydrogen-bond donors (Lipinski definition) is 0. The summed E-state index contributed by atoms with van der Waals surface area (Å²) in [6.07, 6.45) is 7.03. The molecule has 0 radical (unpaired) electrons. The monoisotopic (exact) mass is 355 g/mol. The molecule has 0 N–H and O–H groups in total. The second kappa shape index (κ2) is 9.25. The van der Waals surface area contributed by atoms with E-state index in [1.807, 2.05) is 24.0 Å². The molecule has 3 nitrogen and oxygen atoms in total. The molecule has 0 unspecified atom stereocenters. The number of rotatable bonds is 9. The van der Waals surface area contributed by atoms with Gasteiger partial charge in [-0.1, -0.05) is 50.6 Å². The van der Waals surface area contributed by atoms with Crippen molar-refractivity contribution in [2.45, 2.75) is 49.3 Å². The Morgan fingerprint density at radius 2 is 1.68 bits per heavy atom. The quantitative estimate of drug-likeness (QED) is 0.546. The first-order valence-corrected chi connectivity index (χ1v) is 10.4. The topological polar surface area (TPSA) is 19.4 Å². The highest BCUT2D eigenvalue weighted by atomic mass is 32.2. The lowest BCUT2D eigenvalue weighted by atomic mass is 10.1. The Morgan fingerprint density at radius 3 is 2.52 bits per heavy atom. The lowest BCUT2D eigenvalue weighted by Gasteiger charge is -2.31. The van der Waals surface area contributed by atoms with Crippen molar-refractivity contribution < 1.29 is 0 Å². The molecule has 0 fully saturated rings. The SMILES string of the molecule is CCN(CC)CCCCCCN1c2ccccc2Sc2cccnc21. The third kappa shape index (κ3) is 4.56. The van der Waals surface area contributed by atoms with Crippen molar-refractivity contribution in [1.29, 1.82) is 0 Å².